The third kappa shape index (κ3) is 2.40. The highest BCUT2D eigenvalue weighted by molar-refractivity contribution is 6.12. The number of aromatic nitrogens is 2. The summed E-state index contributed by atoms with van der Waals surface area (Å²) in [5, 5.41) is 16.7. The topological polar surface area (TPSA) is 70.7 Å². The zero-order chi connectivity index (χ0) is 14.8. The van der Waals surface area contributed by atoms with Crippen molar-refractivity contribution in [2.75, 3.05) is 11.4 Å². The van der Waals surface area contributed by atoms with E-state index in [-0.39, 0.29) is 5.91 Å². The van der Waals surface area contributed by atoms with Crippen molar-refractivity contribution in [3.63, 3.8) is 0 Å². The Labute approximate surface area is 122 Å². The molecule has 2 heterocycles. The minimum absolute atomic E-state index is 0.137. The number of rotatable bonds is 1. The average Bonchev–Trinajstić information content (AvgIpc) is 2.84. The smallest absolute Gasteiger partial charge is 0.278 e. The lowest BCUT2D eigenvalue weighted by atomic mass is 10.1. The monoisotopic (exact) mass is 284 g/mol. The first-order valence-electron chi connectivity index (χ1n) is 6.82. The van der Waals surface area contributed by atoms with Crippen LogP contribution in [0.1, 0.15) is 28.9 Å². The molecule has 21 heavy (non-hydrogen) atoms. The van der Waals surface area contributed by atoms with E-state index in [1.807, 2.05) is 24.3 Å². The molecule has 108 valence electrons. The van der Waals surface area contributed by atoms with Crippen LogP contribution in [0.4, 0.5) is 5.69 Å². The molecule has 1 aliphatic heterocycles. The molecule has 0 saturated carbocycles. The van der Waals surface area contributed by atoms with E-state index in [4.69, 9.17) is 0 Å². The van der Waals surface area contributed by atoms with Gasteiger partial charge in [0.05, 0.1) is 11.4 Å². The molecule has 0 radical (unpaired) electrons. The van der Waals surface area contributed by atoms with Crippen LogP contribution in [0.15, 0.2) is 41.7 Å². The Bertz CT molecular complexity index is 705. The summed E-state index contributed by atoms with van der Waals surface area (Å²) < 4.78 is 1.61. The SMILES string of the molecule is Cn1ccc(C(=O)N2CCC/C(=N/O)c3ccccc32)n1. The van der Waals surface area contributed by atoms with E-state index in [2.05, 4.69) is 10.3 Å². The van der Waals surface area contributed by atoms with Gasteiger partial charge in [-0.05, 0) is 25.0 Å². The molecule has 1 aromatic heterocycles. The Kier molecular flexibility index (Phi) is 3.43. The number of hydrogen-bond donors (Lipinski definition) is 1. The number of para-hydroxylation sites is 1. The summed E-state index contributed by atoms with van der Waals surface area (Å²) in [6.45, 7) is 0.575. The van der Waals surface area contributed by atoms with Crippen LogP contribution in [-0.4, -0.2) is 33.2 Å². The molecule has 0 aliphatic carbocycles. The zero-order valence-electron chi connectivity index (χ0n) is 11.7. The molecule has 3 rings (SSSR count). The normalized spacial score (nSPS) is 16.6. The van der Waals surface area contributed by atoms with Crippen molar-refractivity contribution in [1.82, 2.24) is 9.78 Å². The van der Waals surface area contributed by atoms with Gasteiger partial charge in [-0.25, -0.2) is 0 Å². The van der Waals surface area contributed by atoms with Crippen molar-refractivity contribution in [3.8, 4) is 0 Å². The standard InChI is InChI=1S/C15H16N4O2/c1-18-10-8-13(16-18)15(20)19-9-4-6-12(17-21)11-5-2-3-7-14(11)19/h2-3,5,7-8,10,21H,4,6,9H2,1H3/b17-12-. The first-order chi connectivity index (χ1) is 10.2. The van der Waals surface area contributed by atoms with Crippen LogP contribution in [0, 0.1) is 0 Å². The number of carbonyl (C=O) groups is 1. The zero-order valence-corrected chi connectivity index (χ0v) is 11.7. The second-order valence-corrected chi connectivity index (χ2v) is 5.00. The van der Waals surface area contributed by atoms with E-state index in [9.17, 15) is 10.0 Å². The molecule has 0 saturated heterocycles. The van der Waals surface area contributed by atoms with Gasteiger partial charge in [-0.1, -0.05) is 23.4 Å². The molecule has 1 N–H and O–H groups in total. The van der Waals surface area contributed by atoms with Gasteiger partial charge < -0.3 is 10.1 Å². The number of nitrogens with zero attached hydrogens (tertiary/aromatic N) is 4. The summed E-state index contributed by atoms with van der Waals surface area (Å²) in [4.78, 5) is 14.4. The first-order valence-corrected chi connectivity index (χ1v) is 6.82. The highest BCUT2D eigenvalue weighted by Crippen LogP contribution is 2.27. The fraction of sp³-hybridized carbons (Fsp3) is 0.267. The number of hydrogen-bond acceptors (Lipinski definition) is 4. The lowest BCUT2D eigenvalue weighted by Crippen LogP contribution is -2.32. The second-order valence-electron chi connectivity index (χ2n) is 5.00. The summed E-state index contributed by atoms with van der Waals surface area (Å²) >= 11 is 0. The Morgan fingerprint density at radius 1 is 1.33 bits per heavy atom. The van der Waals surface area contributed by atoms with Gasteiger partial charge in [0.15, 0.2) is 5.69 Å². The predicted octanol–water partition coefficient (Wildman–Crippen LogP) is 2.04. The van der Waals surface area contributed by atoms with Crippen LogP contribution in [-0.2, 0) is 7.05 Å². The number of anilines is 1. The largest absolute Gasteiger partial charge is 0.411 e. The van der Waals surface area contributed by atoms with Crippen molar-refractivity contribution in [3.05, 3.63) is 47.8 Å². The molecule has 6 heteroatoms. The molecule has 1 amide bonds. The Balaban J connectivity index is 2.04. The van der Waals surface area contributed by atoms with Crippen LogP contribution in [0.5, 0.6) is 0 Å². The molecular formula is C15H16N4O2. The molecule has 6 nitrogen and oxygen atoms in total. The van der Waals surface area contributed by atoms with E-state index in [0.29, 0.717) is 24.4 Å². The summed E-state index contributed by atoms with van der Waals surface area (Å²) in [5.41, 5.74) is 2.58. The van der Waals surface area contributed by atoms with Gasteiger partial charge >= 0.3 is 0 Å². The molecule has 1 aromatic carbocycles. The summed E-state index contributed by atoms with van der Waals surface area (Å²) in [6, 6.07) is 9.19. The fourth-order valence-electron chi connectivity index (χ4n) is 2.59. The van der Waals surface area contributed by atoms with E-state index in [0.717, 1.165) is 17.7 Å². The maximum atomic E-state index is 12.7. The van der Waals surface area contributed by atoms with Gasteiger partial charge in [0.25, 0.3) is 5.91 Å². The molecule has 0 spiro atoms. The second kappa shape index (κ2) is 5.40. The first kappa shape index (κ1) is 13.4. The highest BCUT2D eigenvalue weighted by atomic mass is 16.4. The number of carbonyl (C=O) groups excluding carboxylic acids is 1. The van der Waals surface area contributed by atoms with Crippen molar-refractivity contribution < 1.29 is 10.0 Å². The maximum absolute atomic E-state index is 12.7. The Hall–Kier alpha value is -2.63. The van der Waals surface area contributed by atoms with Crippen LogP contribution in [0.25, 0.3) is 0 Å². The highest BCUT2D eigenvalue weighted by Gasteiger charge is 2.26. The van der Waals surface area contributed by atoms with Crippen LogP contribution < -0.4 is 4.90 Å². The number of fused-ring (bicyclic) bond motifs is 1. The minimum atomic E-state index is -0.137. The number of aryl methyl sites for hydroxylation is 1. The Morgan fingerprint density at radius 2 is 2.14 bits per heavy atom. The summed E-state index contributed by atoms with van der Waals surface area (Å²) in [5.74, 6) is -0.137. The quantitative estimate of drug-likeness (QED) is 0.643. The van der Waals surface area contributed by atoms with E-state index < -0.39 is 0 Å². The van der Waals surface area contributed by atoms with Gasteiger partial charge in [0, 0.05) is 25.4 Å². The lowest BCUT2D eigenvalue weighted by Gasteiger charge is -2.21. The van der Waals surface area contributed by atoms with Crippen LogP contribution >= 0.6 is 0 Å². The average molecular weight is 284 g/mol. The van der Waals surface area contributed by atoms with Crippen LogP contribution in [0.2, 0.25) is 0 Å². The minimum Gasteiger partial charge on any atom is -0.411 e. The fourth-order valence-corrected chi connectivity index (χ4v) is 2.59. The van der Waals surface area contributed by atoms with Gasteiger partial charge in [-0.3, -0.25) is 9.48 Å². The third-order valence-corrected chi connectivity index (χ3v) is 3.60. The van der Waals surface area contributed by atoms with Crippen molar-refractivity contribution in [2.24, 2.45) is 12.2 Å². The molecule has 1 aliphatic rings. The molecule has 0 fully saturated rings. The molecule has 2 aromatic rings. The van der Waals surface area contributed by atoms with Crippen LogP contribution in [0.3, 0.4) is 0 Å². The summed E-state index contributed by atoms with van der Waals surface area (Å²) in [7, 11) is 1.78. The lowest BCUT2D eigenvalue weighted by molar-refractivity contribution is 0.0981. The molecular weight excluding hydrogens is 268 g/mol. The van der Waals surface area contributed by atoms with Gasteiger partial charge in [0.1, 0.15) is 0 Å². The van der Waals surface area contributed by atoms with Gasteiger partial charge in [0.2, 0.25) is 0 Å². The van der Waals surface area contributed by atoms with Crippen molar-refractivity contribution >= 4 is 17.3 Å². The van der Waals surface area contributed by atoms with Gasteiger partial charge in [-0.15, -0.1) is 0 Å². The number of amides is 1. The Morgan fingerprint density at radius 3 is 2.86 bits per heavy atom. The molecule has 0 bridgehead atoms. The predicted molar refractivity (Wildman–Crippen MR) is 78.9 cm³/mol. The maximum Gasteiger partial charge on any atom is 0.278 e. The molecule has 0 atom stereocenters. The molecule has 0 unspecified atom stereocenters. The summed E-state index contributed by atoms with van der Waals surface area (Å²) in [6.07, 6.45) is 3.13. The number of benzene rings is 1. The number of oxime groups is 1. The van der Waals surface area contributed by atoms with Crippen molar-refractivity contribution in [2.45, 2.75) is 12.8 Å². The van der Waals surface area contributed by atoms with E-state index >= 15 is 0 Å². The van der Waals surface area contributed by atoms with Gasteiger partial charge in [-0.2, -0.15) is 5.10 Å². The van der Waals surface area contributed by atoms with E-state index in [1.165, 1.54) is 0 Å². The van der Waals surface area contributed by atoms with E-state index in [1.54, 1.807) is 28.9 Å². The third-order valence-electron chi connectivity index (χ3n) is 3.60. The van der Waals surface area contributed by atoms with Crippen molar-refractivity contribution in [1.29, 1.82) is 0 Å².